The molecule has 5 nitrogen and oxygen atoms in total. The van der Waals surface area contributed by atoms with E-state index in [1.165, 1.54) is 0 Å². The van der Waals surface area contributed by atoms with Crippen molar-refractivity contribution in [2.75, 3.05) is 26.9 Å². The third-order valence-electron chi connectivity index (χ3n) is 3.75. The normalized spacial score (nSPS) is 20.5. The van der Waals surface area contributed by atoms with Gasteiger partial charge in [0.2, 0.25) is 6.79 Å². The average molecular weight is 341 g/mol. The van der Waals surface area contributed by atoms with Gasteiger partial charge in [0, 0.05) is 24.7 Å². The first kappa shape index (κ1) is 13.7. The first-order valence-electron chi connectivity index (χ1n) is 6.75. The molecule has 2 aliphatic rings. The summed E-state index contributed by atoms with van der Waals surface area (Å²) in [6.45, 7) is 1.85. The molecule has 2 heterocycles. The minimum Gasteiger partial charge on any atom is -0.454 e. The van der Waals surface area contributed by atoms with Crippen LogP contribution in [0.2, 0.25) is 0 Å². The molecule has 0 aliphatic carbocycles. The quantitative estimate of drug-likeness (QED) is 0.914. The van der Waals surface area contributed by atoms with Gasteiger partial charge in [0.15, 0.2) is 11.5 Å². The molecule has 6 heteroatoms. The first-order valence-corrected chi connectivity index (χ1v) is 7.54. The Kier molecular flexibility index (Phi) is 3.85. The van der Waals surface area contributed by atoms with Crippen molar-refractivity contribution in [3.63, 3.8) is 0 Å². The molecule has 20 heavy (non-hydrogen) atoms. The zero-order chi connectivity index (χ0) is 14.1. The number of nitrogens with zero attached hydrogens (tertiary/aromatic N) is 1. The Morgan fingerprint density at radius 2 is 2.35 bits per heavy atom. The van der Waals surface area contributed by atoms with Gasteiger partial charge in [-0.15, -0.1) is 0 Å². The monoisotopic (exact) mass is 340 g/mol. The molecular formula is C14H17BrN2O3. The Balaban J connectivity index is 1.85. The summed E-state index contributed by atoms with van der Waals surface area (Å²) in [7, 11) is 1.91. The highest BCUT2D eigenvalue weighted by Gasteiger charge is 2.30. The lowest BCUT2D eigenvalue weighted by atomic mass is 10.1. The van der Waals surface area contributed by atoms with E-state index in [2.05, 4.69) is 21.2 Å². The van der Waals surface area contributed by atoms with E-state index < -0.39 is 0 Å². The van der Waals surface area contributed by atoms with Crippen LogP contribution in [0.3, 0.4) is 0 Å². The van der Waals surface area contributed by atoms with Gasteiger partial charge < -0.3 is 19.7 Å². The molecule has 0 saturated carbocycles. The maximum absolute atomic E-state index is 12.7. The molecule has 0 radical (unpaired) electrons. The molecule has 1 fully saturated rings. The van der Waals surface area contributed by atoms with E-state index in [0.717, 1.165) is 30.4 Å². The van der Waals surface area contributed by atoms with E-state index in [0.29, 0.717) is 17.1 Å². The van der Waals surface area contributed by atoms with Crippen LogP contribution >= 0.6 is 15.9 Å². The van der Waals surface area contributed by atoms with Crippen molar-refractivity contribution in [1.82, 2.24) is 10.2 Å². The highest BCUT2D eigenvalue weighted by atomic mass is 79.9. The number of carbonyl (C=O) groups is 1. The van der Waals surface area contributed by atoms with Crippen molar-refractivity contribution in [3.8, 4) is 11.5 Å². The van der Waals surface area contributed by atoms with E-state index >= 15 is 0 Å². The predicted molar refractivity (Wildman–Crippen MR) is 78.3 cm³/mol. The number of halogens is 1. The van der Waals surface area contributed by atoms with Crippen LogP contribution in [0.15, 0.2) is 16.6 Å². The number of rotatable bonds is 3. The van der Waals surface area contributed by atoms with Crippen LogP contribution in [0.1, 0.15) is 23.2 Å². The van der Waals surface area contributed by atoms with Crippen LogP contribution in [0.5, 0.6) is 11.5 Å². The first-order chi connectivity index (χ1) is 9.70. The summed E-state index contributed by atoms with van der Waals surface area (Å²) in [6.07, 6.45) is 2.11. The smallest absolute Gasteiger partial charge is 0.254 e. The van der Waals surface area contributed by atoms with Crippen LogP contribution in [0, 0.1) is 0 Å². The standard InChI is InChI=1S/C14H17BrN2O3/c1-16-7-10-3-2-4-17(10)14(18)9-5-11(15)13-12(6-9)19-8-20-13/h5-6,10,16H,2-4,7-8H2,1H3/t10-/m0/s1. The van der Waals surface area contributed by atoms with Crippen molar-refractivity contribution in [1.29, 1.82) is 0 Å². The second-order valence-electron chi connectivity index (χ2n) is 5.04. The lowest BCUT2D eigenvalue weighted by Gasteiger charge is -2.24. The number of benzene rings is 1. The van der Waals surface area contributed by atoms with Crippen LogP contribution in [-0.2, 0) is 0 Å². The Morgan fingerprint density at radius 1 is 1.50 bits per heavy atom. The molecule has 1 N–H and O–H groups in total. The summed E-state index contributed by atoms with van der Waals surface area (Å²) in [5.41, 5.74) is 0.643. The molecule has 1 amide bonds. The van der Waals surface area contributed by atoms with Crippen molar-refractivity contribution in [2.24, 2.45) is 0 Å². The second kappa shape index (κ2) is 5.61. The summed E-state index contributed by atoms with van der Waals surface area (Å²) in [6, 6.07) is 3.85. The number of carbonyl (C=O) groups excluding carboxylic acids is 1. The van der Waals surface area contributed by atoms with Crippen molar-refractivity contribution in [2.45, 2.75) is 18.9 Å². The minimum atomic E-state index is 0.0572. The summed E-state index contributed by atoms with van der Waals surface area (Å²) in [4.78, 5) is 14.6. The molecule has 0 bridgehead atoms. The summed E-state index contributed by atoms with van der Waals surface area (Å²) >= 11 is 3.43. The molecule has 1 aromatic carbocycles. The summed E-state index contributed by atoms with van der Waals surface area (Å²) < 4.78 is 11.5. The highest BCUT2D eigenvalue weighted by Crippen LogP contribution is 2.40. The van der Waals surface area contributed by atoms with Gasteiger partial charge in [0.25, 0.3) is 5.91 Å². The Morgan fingerprint density at radius 3 is 3.15 bits per heavy atom. The number of amides is 1. The number of ether oxygens (including phenoxy) is 2. The van der Waals surface area contributed by atoms with Crippen LogP contribution in [-0.4, -0.2) is 43.8 Å². The maximum atomic E-state index is 12.7. The van der Waals surface area contributed by atoms with Crippen molar-refractivity contribution < 1.29 is 14.3 Å². The average Bonchev–Trinajstić information content (AvgIpc) is 3.07. The number of hydrogen-bond acceptors (Lipinski definition) is 4. The third-order valence-corrected chi connectivity index (χ3v) is 4.34. The van der Waals surface area contributed by atoms with Gasteiger partial charge in [-0.05, 0) is 48.0 Å². The fourth-order valence-corrected chi connectivity index (χ4v) is 3.36. The van der Waals surface area contributed by atoms with Gasteiger partial charge in [0.1, 0.15) is 0 Å². The molecule has 108 valence electrons. The van der Waals surface area contributed by atoms with Crippen LogP contribution in [0.25, 0.3) is 0 Å². The molecular weight excluding hydrogens is 324 g/mol. The molecule has 0 aromatic heterocycles. The topological polar surface area (TPSA) is 50.8 Å². The zero-order valence-corrected chi connectivity index (χ0v) is 12.9. The van der Waals surface area contributed by atoms with E-state index in [1.807, 2.05) is 18.0 Å². The molecule has 1 atom stereocenters. The summed E-state index contributed by atoms with van der Waals surface area (Å²) in [5.74, 6) is 1.36. The van der Waals surface area contributed by atoms with Gasteiger partial charge in [-0.25, -0.2) is 0 Å². The van der Waals surface area contributed by atoms with E-state index in [-0.39, 0.29) is 18.7 Å². The number of likely N-dealkylation sites (tertiary alicyclic amines) is 1. The second-order valence-corrected chi connectivity index (χ2v) is 5.90. The Bertz CT molecular complexity index is 535. The Hall–Kier alpha value is -1.27. The lowest BCUT2D eigenvalue weighted by Crippen LogP contribution is -2.40. The van der Waals surface area contributed by atoms with Gasteiger partial charge in [-0.2, -0.15) is 0 Å². The van der Waals surface area contributed by atoms with E-state index in [1.54, 1.807) is 6.07 Å². The van der Waals surface area contributed by atoms with Gasteiger partial charge >= 0.3 is 0 Å². The third kappa shape index (κ3) is 2.38. The zero-order valence-electron chi connectivity index (χ0n) is 11.3. The maximum Gasteiger partial charge on any atom is 0.254 e. The number of likely N-dealkylation sites (N-methyl/N-ethyl adjacent to an activating group) is 1. The van der Waals surface area contributed by atoms with Gasteiger partial charge in [-0.3, -0.25) is 4.79 Å². The molecule has 0 spiro atoms. The molecule has 3 rings (SSSR count). The predicted octanol–water partition coefficient (Wildman–Crippen LogP) is 2.00. The number of nitrogens with one attached hydrogen (secondary N) is 1. The lowest BCUT2D eigenvalue weighted by molar-refractivity contribution is 0.0736. The highest BCUT2D eigenvalue weighted by molar-refractivity contribution is 9.10. The fraction of sp³-hybridized carbons (Fsp3) is 0.500. The SMILES string of the molecule is CNC[C@@H]1CCCN1C(=O)c1cc(Br)c2c(c1)OCO2. The fourth-order valence-electron chi connectivity index (χ4n) is 2.81. The molecule has 1 saturated heterocycles. The van der Waals surface area contributed by atoms with Crippen LogP contribution in [0.4, 0.5) is 0 Å². The summed E-state index contributed by atoms with van der Waals surface area (Å²) in [5, 5.41) is 3.15. The minimum absolute atomic E-state index is 0.0572. The molecule has 0 unspecified atom stereocenters. The Labute approximate surface area is 126 Å². The van der Waals surface area contributed by atoms with Gasteiger partial charge in [-0.1, -0.05) is 0 Å². The van der Waals surface area contributed by atoms with E-state index in [4.69, 9.17) is 9.47 Å². The molecule has 2 aliphatic heterocycles. The van der Waals surface area contributed by atoms with Crippen molar-refractivity contribution >= 4 is 21.8 Å². The van der Waals surface area contributed by atoms with Crippen molar-refractivity contribution in [3.05, 3.63) is 22.2 Å². The van der Waals surface area contributed by atoms with E-state index in [9.17, 15) is 4.79 Å². The van der Waals surface area contributed by atoms with Crippen LogP contribution < -0.4 is 14.8 Å². The number of hydrogen-bond donors (Lipinski definition) is 1. The molecule has 1 aromatic rings. The number of fused-ring (bicyclic) bond motifs is 1. The largest absolute Gasteiger partial charge is 0.454 e. The van der Waals surface area contributed by atoms with Gasteiger partial charge in [0.05, 0.1) is 4.47 Å².